The third-order valence-corrected chi connectivity index (χ3v) is 3.86. The second-order valence-corrected chi connectivity index (χ2v) is 6.02. The van der Waals surface area contributed by atoms with Gasteiger partial charge in [0, 0.05) is 11.6 Å². The monoisotopic (exact) mass is 406 g/mol. The quantitative estimate of drug-likeness (QED) is 0.545. The van der Waals surface area contributed by atoms with E-state index in [2.05, 4.69) is 10.9 Å². The first-order valence-electron chi connectivity index (χ1n) is 8.52. The molecule has 2 aromatic carbocycles. The van der Waals surface area contributed by atoms with Gasteiger partial charge in [-0.05, 0) is 56.3 Å². The lowest BCUT2D eigenvalue weighted by atomic mass is 10.2. The van der Waals surface area contributed by atoms with Gasteiger partial charge in [-0.3, -0.25) is 20.4 Å². The van der Waals surface area contributed by atoms with Crippen LogP contribution in [0.4, 0.5) is 4.39 Å². The zero-order valence-corrected chi connectivity index (χ0v) is 16.1. The smallest absolute Gasteiger partial charge is 0.279 e. The molecule has 0 spiro atoms. The first-order valence-corrected chi connectivity index (χ1v) is 8.90. The van der Waals surface area contributed by atoms with Gasteiger partial charge in [-0.2, -0.15) is 0 Å². The Labute approximate surface area is 167 Å². The van der Waals surface area contributed by atoms with Crippen LogP contribution in [0.25, 0.3) is 6.08 Å². The summed E-state index contributed by atoms with van der Waals surface area (Å²) in [5.41, 5.74) is 4.51. The molecule has 0 aliphatic rings. The van der Waals surface area contributed by atoms with Crippen LogP contribution in [-0.4, -0.2) is 24.5 Å². The van der Waals surface area contributed by atoms with Gasteiger partial charge in [0.05, 0.1) is 11.6 Å². The Hall–Kier alpha value is -3.06. The van der Waals surface area contributed by atoms with E-state index in [-0.39, 0.29) is 10.6 Å². The SMILES string of the molecule is CCOc1ccc(O[C@H](C)C(=O)NNC(=O)/C=C/c2c(F)cccc2Cl)cc1. The molecule has 2 rings (SSSR count). The number of benzene rings is 2. The standard InChI is InChI=1S/C20H20ClFN2O4/c1-3-27-14-7-9-15(10-8-14)28-13(2)20(26)24-23-19(25)12-11-16-17(21)5-4-6-18(16)22/h4-13H,3H2,1-2H3,(H,23,25)(H,24,26)/b12-11+/t13-/m1/s1. The minimum atomic E-state index is -0.858. The van der Waals surface area contributed by atoms with E-state index in [1.807, 2.05) is 6.92 Å². The van der Waals surface area contributed by atoms with E-state index in [9.17, 15) is 14.0 Å². The van der Waals surface area contributed by atoms with Crippen LogP contribution in [0.1, 0.15) is 19.4 Å². The number of nitrogens with one attached hydrogen (secondary N) is 2. The molecule has 6 nitrogen and oxygen atoms in total. The van der Waals surface area contributed by atoms with Crippen molar-refractivity contribution in [3.63, 3.8) is 0 Å². The van der Waals surface area contributed by atoms with Crippen molar-refractivity contribution < 1.29 is 23.5 Å². The molecular formula is C20H20ClFN2O4. The normalized spacial score (nSPS) is 11.7. The molecule has 0 saturated carbocycles. The summed E-state index contributed by atoms with van der Waals surface area (Å²) in [5.74, 6) is -0.592. The Bertz CT molecular complexity index is 836. The number of carbonyl (C=O) groups is 2. The molecule has 2 N–H and O–H groups in total. The summed E-state index contributed by atoms with van der Waals surface area (Å²) >= 11 is 5.87. The summed E-state index contributed by atoms with van der Waals surface area (Å²) in [5, 5.41) is 0.172. The van der Waals surface area contributed by atoms with Gasteiger partial charge in [0.1, 0.15) is 17.3 Å². The Kier molecular flexibility index (Phi) is 7.83. The molecule has 2 aromatic rings. The Morgan fingerprint density at radius 2 is 1.82 bits per heavy atom. The topological polar surface area (TPSA) is 76.7 Å². The van der Waals surface area contributed by atoms with Crippen molar-refractivity contribution in [2.75, 3.05) is 6.61 Å². The molecule has 1 atom stereocenters. The zero-order chi connectivity index (χ0) is 20.5. The molecule has 0 aromatic heterocycles. The number of ether oxygens (including phenoxy) is 2. The molecule has 0 radical (unpaired) electrons. The summed E-state index contributed by atoms with van der Waals surface area (Å²) in [6.45, 7) is 3.97. The van der Waals surface area contributed by atoms with Gasteiger partial charge < -0.3 is 9.47 Å². The molecule has 0 aliphatic heterocycles. The Morgan fingerprint density at radius 3 is 2.46 bits per heavy atom. The summed E-state index contributed by atoms with van der Waals surface area (Å²) in [7, 11) is 0. The van der Waals surface area contributed by atoms with Crippen molar-refractivity contribution in [1.82, 2.24) is 10.9 Å². The van der Waals surface area contributed by atoms with Gasteiger partial charge in [0.25, 0.3) is 11.8 Å². The van der Waals surface area contributed by atoms with Gasteiger partial charge in [0.2, 0.25) is 0 Å². The van der Waals surface area contributed by atoms with E-state index >= 15 is 0 Å². The highest BCUT2D eigenvalue weighted by molar-refractivity contribution is 6.32. The van der Waals surface area contributed by atoms with Crippen molar-refractivity contribution in [2.45, 2.75) is 20.0 Å². The second kappa shape index (κ2) is 10.3. The molecule has 0 fully saturated rings. The number of halogens is 2. The number of hydrogen-bond acceptors (Lipinski definition) is 4. The Morgan fingerprint density at radius 1 is 1.14 bits per heavy atom. The van der Waals surface area contributed by atoms with Crippen molar-refractivity contribution in [1.29, 1.82) is 0 Å². The van der Waals surface area contributed by atoms with Gasteiger partial charge in [-0.15, -0.1) is 0 Å². The molecule has 28 heavy (non-hydrogen) atoms. The number of amides is 2. The first-order chi connectivity index (χ1) is 13.4. The molecule has 148 valence electrons. The summed E-state index contributed by atoms with van der Waals surface area (Å²) in [6.07, 6.45) is 1.42. The molecule has 0 bridgehead atoms. The van der Waals surface area contributed by atoms with Crippen LogP contribution >= 0.6 is 11.6 Å². The third-order valence-electron chi connectivity index (χ3n) is 3.53. The lowest BCUT2D eigenvalue weighted by Gasteiger charge is -2.15. The van der Waals surface area contributed by atoms with E-state index in [4.69, 9.17) is 21.1 Å². The number of hydrogen-bond donors (Lipinski definition) is 2. The molecule has 0 saturated heterocycles. The van der Waals surface area contributed by atoms with Gasteiger partial charge in [0.15, 0.2) is 6.10 Å². The summed E-state index contributed by atoms with van der Waals surface area (Å²) in [6, 6.07) is 11.0. The minimum absolute atomic E-state index is 0.0813. The van der Waals surface area contributed by atoms with Crippen molar-refractivity contribution in [2.24, 2.45) is 0 Å². The second-order valence-electron chi connectivity index (χ2n) is 5.61. The third kappa shape index (κ3) is 6.28. The van der Waals surface area contributed by atoms with E-state index in [1.54, 1.807) is 24.3 Å². The summed E-state index contributed by atoms with van der Waals surface area (Å²) in [4.78, 5) is 23.8. The highest BCUT2D eigenvalue weighted by Crippen LogP contribution is 2.20. The minimum Gasteiger partial charge on any atom is -0.494 e. The van der Waals surface area contributed by atoms with Gasteiger partial charge in [-0.25, -0.2) is 4.39 Å². The van der Waals surface area contributed by atoms with E-state index in [0.717, 1.165) is 6.08 Å². The fourth-order valence-electron chi connectivity index (χ4n) is 2.13. The van der Waals surface area contributed by atoms with E-state index in [1.165, 1.54) is 31.2 Å². The van der Waals surface area contributed by atoms with Crippen LogP contribution in [0.15, 0.2) is 48.5 Å². The fourth-order valence-corrected chi connectivity index (χ4v) is 2.36. The van der Waals surface area contributed by atoms with Gasteiger partial charge >= 0.3 is 0 Å². The van der Waals surface area contributed by atoms with Crippen LogP contribution in [-0.2, 0) is 9.59 Å². The van der Waals surface area contributed by atoms with Crippen molar-refractivity contribution in [3.05, 3.63) is 64.9 Å². The van der Waals surface area contributed by atoms with Gasteiger partial charge in [-0.1, -0.05) is 17.7 Å². The van der Waals surface area contributed by atoms with Crippen molar-refractivity contribution >= 4 is 29.5 Å². The molecular weight excluding hydrogens is 387 g/mol. The molecule has 2 amide bonds. The lowest BCUT2D eigenvalue weighted by Crippen LogP contribution is -2.46. The lowest BCUT2D eigenvalue weighted by molar-refractivity contribution is -0.131. The molecule has 0 unspecified atom stereocenters. The number of hydrazine groups is 1. The average molecular weight is 407 g/mol. The number of carbonyl (C=O) groups excluding carboxylic acids is 2. The molecule has 0 heterocycles. The van der Waals surface area contributed by atoms with E-state index < -0.39 is 23.7 Å². The van der Waals surface area contributed by atoms with Crippen LogP contribution in [0, 0.1) is 5.82 Å². The van der Waals surface area contributed by atoms with Crippen molar-refractivity contribution in [3.8, 4) is 11.5 Å². The predicted octanol–water partition coefficient (Wildman–Crippen LogP) is 3.51. The molecule has 0 aliphatic carbocycles. The van der Waals surface area contributed by atoms with Crippen LogP contribution in [0.5, 0.6) is 11.5 Å². The predicted molar refractivity (Wildman–Crippen MR) is 104 cm³/mol. The fraction of sp³-hybridized carbons (Fsp3) is 0.200. The first kappa shape index (κ1) is 21.2. The highest BCUT2D eigenvalue weighted by Gasteiger charge is 2.15. The highest BCUT2D eigenvalue weighted by atomic mass is 35.5. The largest absolute Gasteiger partial charge is 0.494 e. The van der Waals surface area contributed by atoms with E-state index in [0.29, 0.717) is 18.1 Å². The average Bonchev–Trinajstić information content (AvgIpc) is 2.67. The van der Waals surface area contributed by atoms with Crippen LogP contribution < -0.4 is 20.3 Å². The van der Waals surface area contributed by atoms with Crippen LogP contribution in [0.3, 0.4) is 0 Å². The maximum Gasteiger partial charge on any atom is 0.279 e. The maximum absolute atomic E-state index is 13.6. The molecule has 8 heteroatoms. The number of rotatable bonds is 7. The van der Waals surface area contributed by atoms with Crippen LogP contribution in [0.2, 0.25) is 5.02 Å². The Balaban J connectivity index is 1.83. The summed E-state index contributed by atoms with van der Waals surface area (Å²) < 4.78 is 24.5. The maximum atomic E-state index is 13.6. The zero-order valence-electron chi connectivity index (χ0n) is 15.4.